The highest BCUT2D eigenvalue weighted by molar-refractivity contribution is 5.81. The van der Waals surface area contributed by atoms with Gasteiger partial charge in [-0.25, -0.2) is 0 Å². The Labute approximate surface area is 129 Å². The molecule has 21 heavy (non-hydrogen) atoms. The van der Waals surface area contributed by atoms with Crippen LogP contribution in [0.25, 0.3) is 0 Å². The second-order valence-corrected chi connectivity index (χ2v) is 6.26. The Hall–Kier alpha value is -1.57. The minimum atomic E-state index is 0.0668. The van der Waals surface area contributed by atoms with E-state index in [2.05, 4.69) is 62.3 Å². The molecule has 0 amide bonds. The average Bonchev–Trinajstić information content (AvgIpc) is 2.48. The van der Waals surface area contributed by atoms with Gasteiger partial charge in [-0.3, -0.25) is 4.99 Å². The molecule has 1 heterocycles. The van der Waals surface area contributed by atoms with Crippen molar-refractivity contribution in [2.45, 2.75) is 59.5 Å². The predicted octanol–water partition coefficient (Wildman–Crippen LogP) is 5.02. The summed E-state index contributed by atoms with van der Waals surface area (Å²) in [6.45, 7) is 8.81. The number of rotatable bonds is 6. The smallest absolute Gasteiger partial charge is 0.144 e. The normalized spacial score (nSPS) is 18.2. The van der Waals surface area contributed by atoms with Crippen molar-refractivity contribution in [2.24, 2.45) is 10.9 Å². The second-order valence-electron chi connectivity index (χ2n) is 6.26. The lowest BCUT2D eigenvalue weighted by atomic mass is 9.99. The van der Waals surface area contributed by atoms with E-state index in [-0.39, 0.29) is 6.17 Å². The molecule has 1 aromatic rings. The summed E-state index contributed by atoms with van der Waals surface area (Å²) in [5, 5.41) is 3.52. The molecule has 0 bridgehead atoms. The number of allylic oxidation sites excluding steroid dienone is 2. The van der Waals surface area contributed by atoms with E-state index in [1.54, 1.807) is 0 Å². The number of nitrogens with zero attached hydrogens (tertiary/aromatic N) is 1. The van der Waals surface area contributed by atoms with Gasteiger partial charge in [-0.05, 0) is 42.4 Å². The van der Waals surface area contributed by atoms with Crippen molar-refractivity contribution in [2.75, 3.05) is 0 Å². The third-order valence-corrected chi connectivity index (χ3v) is 4.14. The van der Waals surface area contributed by atoms with Gasteiger partial charge >= 0.3 is 0 Å². The number of aryl methyl sites for hydroxylation is 1. The van der Waals surface area contributed by atoms with Gasteiger partial charge in [-0.1, -0.05) is 57.9 Å². The molecular formula is C19H28N2. The molecule has 0 aliphatic carbocycles. The third-order valence-electron chi connectivity index (χ3n) is 4.14. The molecule has 1 atom stereocenters. The van der Waals surface area contributed by atoms with E-state index in [0.717, 1.165) is 0 Å². The molecule has 1 aromatic carbocycles. The zero-order valence-corrected chi connectivity index (χ0v) is 13.8. The summed E-state index contributed by atoms with van der Waals surface area (Å²) in [6.07, 6.45) is 7.18. The summed E-state index contributed by atoms with van der Waals surface area (Å²) in [6, 6.07) is 8.92. The van der Waals surface area contributed by atoms with Gasteiger partial charge in [0.1, 0.15) is 6.17 Å². The van der Waals surface area contributed by atoms with Crippen LogP contribution in [0.4, 0.5) is 0 Å². The third kappa shape index (κ3) is 4.20. The molecule has 0 spiro atoms. The van der Waals surface area contributed by atoms with Gasteiger partial charge in [0.2, 0.25) is 0 Å². The molecule has 0 saturated carbocycles. The Morgan fingerprint density at radius 2 is 1.86 bits per heavy atom. The van der Waals surface area contributed by atoms with Gasteiger partial charge in [0, 0.05) is 11.9 Å². The summed E-state index contributed by atoms with van der Waals surface area (Å²) in [7, 11) is 0. The number of hydrogen-bond donors (Lipinski definition) is 1. The van der Waals surface area contributed by atoms with E-state index in [1.807, 2.05) is 6.21 Å². The fraction of sp³-hybridized carbons (Fsp3) is 0.526. The molecular weight excluding hydrogens is 256 g/mol. The van der Waals surface area contributed by atoms with Crippen LogP contribution in [0.15, 0.2) is 40.5 Å². The predicted molar refractivity (Wildman–Crippen MR) is 91.6 cm³/mol. The quantitative estimate of drug-likeness (QED) is 0.729. The Bertz CT molecular complexity index is 509. The first kappa shape index (κ1) is 15.8. The lowest BCUT2D eigenvalue weighted by Gasteiger charge is -2.24. The minimum absolute atomic E-state index is 0.0668. The van der Waals surface area contributed by atoms with Crippen LogP contribution in [0.5, 0.6) is 0 Å². The summed E-state index contributed by atoms with van der Waals surface area (Å²) in [4.78, 5) is 4.66. The van der Waals surface area contributed by atoms with E-state index in [4.69, 9.17) is 0 Å². The highest BCUT2D eigenvalue weighted by Crippen LogP contribution is 2.24. The Morgan fingerprint density at radius 3 is 2.43 bits per heavy atom. The Kier molecular flexibility index (Phi) is 5.60. The number of nitrogens with one attached hydrogen (secondary N) is 1. The molecule has 2 nitrogen and oxygen atoms in total. The van der Waals surface area contributed by atoms with E-state index < -0.39 is 0 Å². The van der Waals surface area contributed by atoms with Crippen molar-refractivity contribution in [1.82, 2.24) is 5.32 Å². The number of aliphatic imine (C=N–C) groups is 1. The summed E-state index contributed by atoms with van der Waals surface area (Å²) in [5.74, 6) is 0.517. The largest absolute Gasteiger partial charge is 0.363 e. The first-order valence-electron chi connectivity index (χ1n) is 8.21. The van der Waals surface area contributed by atoms with Crippen LogP contribution in [0.1, 0.15) is 64.3 Å². The number of benzene rings is 1. The van der Waals surface area contributed by atoms with Crippen LogP contribution in [0, 0.1) is 5.92 Å². The first-order chi connectivity index (χ1) is 10.1. The van der Waals surface area contributed by atoms with Crippen LogP contribution < -0.4 is 5.32 Å². The van der Waals surface area contributed by atoms with Crippen LogP contribution in [0.3, 0.4) is 0 Å². The van der Waals surface area contributed by atoms with Crippen LogP contribution in [-0.2, 0) is 6.42 Å². The molecule has 1 aliphatic rings. The van der Waals surface area contributed by atoms with Gasteiger partial charge in [0.25, 0.3) is 0 Å². The lowest BCUT2D eigenvalue weighted by molar-refractivity contribution is 0.600. The van der Waals surface area contributed by atoms with Crippen LogP contribution in [0.2, 0.25) is 0 Å². The first-order valence-corrected chi connectivity index (χ1v) is 8.21. The molecule has 114 valence electrons. The van der Waals surface area contributed by atoms with Crippen molar-refractivity contribution in [1.29, 1.82) is 0 Å². The van der Waals surface area contributed by atoms with E-state index in [1.165, 1.54) is 48.1 Å². The highest BCUT2D eigenvalue weighted by Gasteiger charge is 2.16. The van der Waals surface area contributed by atoms with Crippen LogP contribution in [-0.4, -0.2) is 6.21 Å². The monoisotopic (exact) mass is 284 g/mol. The molecule has 0 radical (unpaired) electrons. The van der Waals surface area contributed by atoms with Gasteiger partial charge in [0.05, 0.1) is 0 Å². The SMILES string of the molecule is CCCCCc1ccc(C2N=CC(C(C)C)=C(C)N2)cc1. The molecule has 1 unspecified atom stereocenters. The van der Waals surface area contributed by atoms with Crippen molar-refractivity contribution >= 4 is 6.21 Å². The van der Waals surface area contributed by atoms with E-state index in [0.29, 0.717) is 5.92 Å². The fourth-order valence-corrected chi connectivity index (χ4v) is 2.77. The van der Waals surface area contributed by atoms with Gasteiger partial charge in [-0.15, -0.1) is 0 Å². The molecule has 2 rings (SSSR count). The van der Waals surface area contributed by atoms with Gasteiger partial charge in [-0.2, -0.15) is 0 Å². The average molecular weight is 284 g/mol. The van der Waals surface area contributed by atoms with Crippen molar-refractivity contribution in [3.05, 3.63) is 46.7 Å². The zero-order valence-electron chi connectivity index (χ0n) is 13.8. The fourth-order valence-electron chi connectivity index (χ4n) is 2.77. The summed E-state index contributed by atoms with van der Waals surface area (Å²) < 4.78 is 0. The molecule has 0 aromatic heterocycles. The standard InChI is InChI=1S/C19H28N2/c1-5-6-7-8-16-9-11-17(12-10-16)19-20-13-18(14(2)3)15(4)21-19/h9-14,19,21H,5-8H2,1-4H3. The van der Waals surface area contributed by atoms with E-state index in [9.17, 15) is 0 Å². The Balaban J connectivity index is 2.00. The molecule has 1 aliphatic heterocycles. The van der Waals surface area contributed by atoms with Crippen LogP contribution >= 0.6 is 0 Å². The zero-order chi connectivity index (χ0) is 15.2. The minimum Gasteiger partial charge on any atom is -0.363 e. The molecule has 0 fully saturated rings. The maximum atomic E-state index is 4.66. The molecule has 1 N–H and O–H groups in total. The maximum absolute atomic E-state index is 4.66. The maximum Gasteiger partial charge on any atom is 0.144 e. The van der Waals surface area contributed by atoms with Gasteiger partial charge in [0.15, 0.2) is 0 Å². The van der Waals surface area contributed by atoms with Crippen molar-refractivity contribution in [3.63, 3.8) is 0 Å². The second kappa shape index (κ2) is 7.44. The molecule has 0 saturated heterocycles. The van der Waals surface area contributed by atoms with Gasteiger partial charge < -0.3 is 5.32 Å². The summed E-state index contributed by atoms with van der Waals surface area (Å²) in [5.41, 5.74) is 5.23. The van der Waals surface area contributed by atoms with Crippen molar-refractivity contribution < 1.29 is 0 Å². The topological polar surface area (TPSA) is 24.4 Å². The highest BCUT2D eigenvalue weighted by atomic mass is 15.1. The van der Waals surface area contributed by atoms with E-state index >= 15 is 0 Å². The lowest BCUT2D eigenvalue weighted by Crippen LogP contribution is -2.24. The molecule has 2 heteroatoms. The Morgan fingerprint density at radius 1 is 1.14 bits per heavy atom. The number of unbranched alkanes of at least 4 members (excludes halogenated alkanes) is 2. The summed E-state index contributed by atoms with van der Waals surface area (Å²) >= 11 is 0. The number of hydrogen-bond acceptors (Lipinski definition) is 2. The van der Waals surface area contributed by atoms with Crippen molar-refractivity contribution in [3.8, 4) is 0 Å².